The average Bonchev–Trinajstić information content (AvgIpc) is 2.66. The summed E-state index contributed by atoms with van der Waals surface area (Å²) in [6.07, 6.45) is 1.60. The maximum Gasteiger partial charge on any atom is 0.224 e. The maximum atomic E-state index is 5.89. The lowest BCUT2D eigenvalue weighted by Crippen LogP contribution is -2.18. The van der Waals surface area contributed by atoms with Gasteiger partial charge in [-0.3, -0.25) is 0 Å². The van der Waals surface area contributed by atoms with Crippen molar-refractivity contribution in [2.24, 2.45) is 0 Å². The highest BCUT2D eigenvalue weighted by Gasteiger charge is 2.15. The van der Waals surface area contributed by atoms with Crippen molar-refractivity contribution in [3.8, 4) is 17.2 Å². The number of benzene rings is 1. The number of aromatic nitrogens is 4. The van der Waals surface area contributed by atoms with Gasteiger partial charge in [-0.1, -0.05) is 0 Å². The molecule has 10 heteroatoms. The Bertz CT molecular complexity index is 955. The molecule has 0 amide bonds. The first kappa shape index (κ1) is 18.2. The zero-order valence-corrected chi connectivity index (χ0v) is 15.6. The summed E-state index contributed by atoms with van der Waals surface area (Å²) in [5.74, 6) is 2.56. The highest BCUT2D eigenvalue weighted by Crippen LogP contribution is 2.38. The van der Waals surface area contributed by atoms with Gasteiger partial charge in [0, 0.05) is 13.6 Å². The van der Waals surface area contributed by atoms with Crippen molar-refractivity contribution in [1.29, 1.82) is 0 Å². The summed E-state index contributed by atoms with van der Waals surface area (Å²) in [6, 6.07) is 3.76. The molecule has 0 radical (unpaired) electrons. The first-order valence-corrected chi connectivity index (χ1v) is 8.02. The van der Waals surface area contributed by atoms with Gasteiger partial charge in [-0.05, 0) is 17.7 Å². The smallest absolute Gasteiger partial charge is 0.224 e. The summed E-state index contributed by atoms with van der Waals surface area (Å²) >= 11 is 0. The molecule has 10 nitrogen and oxygen atoms in total. The van der Waals surface area contributed by atoms with Crippen molar-refractivity contribution < 1.29 is 14.2 Å². The number of nitrogens with two attached hydrogens (primary N) is 2. The molecule has 27 heavy (non-hydrogen) atoms. The van der Waals surface area contributed by atoms with Gasteiger partial charge in [-0.2, -0.15) is 9.97 Å². The second-order valence-corrected chi connectivity index (χ2v) is 5.76. The minimum Gasteiger partial charge on any atom is -0.493 e. The van der Waals surface area contributed by atoms with Gasteiger partial charge in [-0.15, -0.1) is 0 Å². The first-order chi connectivity index (χ1) is 13.0. The number of nitrogens with zero attached hydrogens (tertiary/aromatic N) is 5. The molecule has 0 aliphatic rings. The van der Waals surface area contributed by atoms with Crippen LogP contribution in [0.15, 0.2) is 18.3 Å². The van der Waals surface area contributed by atoms with E-state index in [0.29, 0.717) is 40.8 Å². The largest absolute Gasteiger partial charge is 0.493 e. The van der Waals surface area contributed by atoms with E-state index in [0.717, 1.165) is 5.56 Å². The Kier molecular flexibility index (Phi) is 4.97. The van der Waals surface area contributed by atoms with E-state index in [1.165, 1.54) is 0 Å². The van der Waals surface area contributed by atoms with Gasteiger partial charge in [0.05, 0.1) is 27.5 Å². The fraction of sp³-hybridized carbons (Fsp3) is 0.294. The zero-order valence-electron chi connectivity index (χ0n) is 15.6. The van der Waals surface area contributed by atoms with Gasteiger partial charge < -0.3 is 30.6 Å². The lowest BCUT2D eigenvalue weighted by atomic mass is 10.1. The summed E-state index contributed by atoms with van der Waals surface area (Å²) in [5, 5.41) is 0. The third-order valence-corrected chi connectivity index (χ3v) is 3.97. The number of anilines is 3. The van der Waals surface area contributed by atoms with Crippen LogP contribution in [0, 0.1) is 0 Å². The lowest BCUT2D eigenvalue weighted by molar-refractivity contribution is 0.324. The molecule has 0 aliphatic carbocycles. The standard InChI is InChI=1S/C17H21N7O3/c1-24(8-9-5-10(25-2)14(27-4)11(6-9)26-3)12-7-20-16-13(21-12)15(18)22-17(19)23-16/h5-7H,8H2,1-4H3,(H4,18,19,20,22,23). The molecule has 1 aromatic carbocycles. The molecule has 2 heterocycles. The Labute approximate surface area is 156 Å². The molecule has 4 N–H and O–H groups in total. The molecule has 0 fully saturated rings. The van der Waals surface area contributed by atoms with Gasteiger partial charge in [0.15, 0.2) is 28.5 Å². The van der Waals surface area contributed by atoms with Crippen LogP contribution in [0.25, 0.3) is 11.2 Å². The molecule has 0 saturated carbocycles. The molecule has 2 aromatic heterocycles. The lowest BCUT2D eigenvalue weighted by Gasteiger charge is -2.20. The van der Waals surface area contributed by atoms with Crippen LogP contribution in [0.3, 0.4) is 0 Å². The summed E-state index contributed by atoms with van der Waals surface area (Å²) in [5.41, 5.74) is 13.2. The molecule has 3 rings (SSSR count). The third kappa shape index (κ3) is 3.54. The highest BCUT2D eigenvalue weighted by atomic mass is 16.5. The Balaban J connectivity index is 1.93. The van der Waals surface area contributed by atoms with Crippen molar-refractivity contribution in [2.45, 2.75) is 6.54 Å². The second-order valence-electron chi connectivity index (χ2n) is 5.76. The van der Waals surface area contributed by atoms with Crippen LogP contribution in [0.2, 0.25) is 0 Å². The number of nitrogen functional groups attached to an aromatic ring is 2. The van der Waals surface area contributed by atoms with Crippen LogP contribution in [0.1, 0.15) is 5.56 Å². The van der Waals surface area contributed by atoms with E-state index >= 15 is 0 Å². The van der Waals surface area contributed by atoms with Crippen LogP contribution < -0.4 is 30.6 Å². The fourth-order valence-corrected chi connectivity index (χ4v) is 2.70. The van der Waals surface area contributed by atoms with Gasteiger partial charge >= 0.3 is 0 Å². The van der Waals surface area contributed by atoms with Crippen LogP contribution in [0.4, 0.5) is 17.6 Å². The quantitative estimate of drug-likeness (QED) is 0.651. The molecule has 0 spiro atoms. The Morgan fingerprint density at radius 1 is 0.963 bits per heavy atom. The van der Waals surface area contributed by atoms with Gasteiger partial charge in [0.1, 0.15) is 5.82 Å². The number of methoxy groups -OCH3 is 3. The van der Waals surface area contributed by atoms with E-state index in [4.69, 9.17) is 25.7 Å². The molecule has 0 atom stereocenters. The fourth-order valence-electron chi connectivity index (χ4n) is 2.70. The molecule has 3 aromatic rings. The molecular weight excluding hydrogens is 350 g/mol. The van der Waals surface area contributed by atoms with Gasteiger partial charge in [0.2, 0.25) is 11.7 Å². The summed E-state index contributed by atoms with van der Waals surface area (Å²) in [4.78, 5) is 18.6. The van der Waals surface area contributed by atoms with E-state index < -0.39 is 0 Å². The van der Waals surface area contributed by atoms with Crippen LogP contribution in [-0.4, -0.2) is 48.3 Å². The van der Waals surface area contributed by atoms with E-state index in [-0.39, 0.29) is 11.8 Å². The van der Waals surface area contributed by atoms with Crippen molar-refractivity contribution in [1.82, 2.24) is 19.9 Å². The van der Waals surface area contributed by atoms with Crippen LogP contribution in [-0.2, 0) is 6.54 Å². The Hall–Kier alpha value is -3.56. The summed E-state index contributed by atoms with van der Waals surface area (Å²) < 4.78 is 16.1. The molecule has 142 valence electrons. The number of hydrogen-bond donors (Lipinski definition) is 2. The Morgan fingerprint density at radius 3 is 2.22 bits per heavy atom. The van der Waals surface area contributed by atoms with Gasteiger partial charge in [-0.25, -0.2) is 9.97 Å². The first-order valence-electron chi connectivity index (χ1n) is 8.02. The maximum absolute atomic E-state index is 5.89. The molecule has 0 aliphatic heterocycles. The average molecular weight is 371 g/mol. The van der Waals surface area contributed by atoms with E-state index in [1.807, 2.05) is 24.1 Å². The predicted octanol–water partition coefficient (Wildman–Crippen LogP) is 1.25. The Morgan fingerprint density at radius 2 is 1.63 bits per heavy atom. The normalized spacial score (nSPS) is 10.7. The van der Waals surface area contributed by atoms with Gasteiger partial charge in [0.25, 0.3) is 0 Å². The van der Waals surface area contributed by atoms with Crippen LogP contribution >= 0.6 is 0 Å². The van der Waals surface area contributed by atoms with E-state index in [9.17, 15) is 0 Å². The monoisotopic (exact) mass is 371 g/mol. The molecule has 0 unspecified atom stereocenters. The van der Waals surface area contributed by atoms with Crippen molar-refractivity contribution >= 4 is 28.7 Å². The molecule has 0 saturated heterocycles. The third-order valence-electron chi connectivity index (χ3n) is 3.97. The summed E-state index contributed by atoms with van der Waals surface area (Å²) in [7, 11) is 6.60. The number of fused-ring (bicyclic) bond motifs is 1. The van der Waals surface area contributed by atoms with E-state index in [2.05, 4.69) is 19.9 Å². The van der Waals surface area contributed by atoms with Crippen molar-refractivity contribution in [2.75, 3.05) is 44.7 Å². The number of ether oxygens (including phenoxy) is 3. The number of rotatable bonds is 6. The second kappa shape index (κ2) is 7.36. The molecular formula is C17H21N7O3. The highest BCUT2D eigenvalue weighted by molar-refractivity contribution is 5.82. The topological polar surface area (TPSA) is 135 Å². The van der Waals surface area contributed by atoms with Crippen molar-refractivity contribution in [3.05, 3.63) is 23.9 Å². The van der Waals surface area contributed by atoms with Crippen LogP contribution in [0.5, 0.6) is 17.2 Å². The van der Waals surface area contributed by atoms with E-state index in [1.54, 1.807) is 27.5 Å². The van der Waals surface area contributed by atoms with Crippen molar-refractivity contribution in [3.63, 3.8) is 0 Å². The molecule has 0 bridgehead atoms. The predicted molar refractivity (Wildman–Crippen MR) is 102 cm³/mol. The SMILES string of the molecule is COc1cc(CN(C)c2cnc3nc(N)nc(N)c3n2)cc(OC)c1OC. The zero-order chi connectivity index (χ0) is 19.6. The minimum atomic E-state index is 0.0628. The minimum absolute atomic E-state index is 0.0628. The summed E-state index contributed by atoms with van der Waals surface area (Å²) in [6.45, 7) is 0.520. The number of hydrogen-bond acceptors (Lipinski definition) is 10.